The number of halogens is 2. The lowest BCUT2D eigenvalue weighted by Gasteiger charge is -2.32. The van der Waals surface area contributed by atoms with Crippen LogP contribution in [0.5, 0.6) is 0 Å². The fraction of sp³-hybridized carbons (Fsp3) is 0.667. The zero-order valence-electron chi connectivity index (χ0n) is 13.2. The fourth-order valence-electron chi connectivity index (χ4n) is 3.36. The second kappa shape index (κ2) is 7.88. The first-order chi connectivity index (χ1) is 10.1. The smallest absolute Gasteiger partial charge is 0.126 e. The molecular formula is C18H27F2N. The Hall–Kier alpha value is -0.960. The van der Waals surface area contributed by atoms with E-state index in [4.69, 9.17) is 0 Å². The molecule has 0 aromatic heterocycles. The average molecular weight is 295 g/mol. The van der Waals surface area contributed by atoms with Crippen molar-refractivity contribution in [2.45, 2.75) is 46.0 Å². The highest BCUT2D eigenvalue weighted by Gasteiger charge is 2.26. The molecule has 0 spiro atoms. The van der Waals surface area contributed by atoms with Crippen LogP contribution in [0.15, 0.2) is 18.2 Å². The van der Waals surface area contributed by atoms with Gasteiger partial charge in [-0.15, -0.1) is 0 Å². The maximum Gasteiger partial charge on any atom is 0.126 e. The molecule has 1 nitrogen and oxygen atoms in total. The minimum atomic E-state index is -0.336. The van der Waals surface area contributed by atoms with E-state index in [2.05, 4.69) is 19.2 Å². The summed E-state index contributed by atoms with van der Waals surface area (Å²) in [5.41, 5.74) is 0.538. The van der Waals surface area contributed by atoms with Crippen LogP contribution in [0, 0.1) is 29.4 Å². The molecule has 0 amide bonds. The Labute approximate surface area is 127 Å². The molecule has 1 aromatic rings. The Morgan fingerprint density at radius 1 is 1.14 bits per heavy atom. The minimum Gasteiger partial charge on any atom is -0.316 e. The monoisotopic (exact) mass is 295 g/mol. The summed E-state index contributed by atoms with van der Waals surface area (Å²) in [6, 6.07) is 3.81. The summed E-state index contributed by atoms with van der Waals surface area (Å²) in [6.45, 7) is 6.43. The Bertz CT molecular complexity index is 445. The van der Waals surface area contributed by atoms with E-state index < -0.39 is 0 Å². The van der Waals surface area contributed by atoms with E-state index in [1.807, 2.05) is 0 Å². The lowest BCUT2D eigenvalue weighted by molar-refractivity contribution is 0.225. The second-order valence-corrected chi connectivity index (χ2v) is 6.80. The number of nitrogens with one attached hydrogen (secondary N) is 1. The maximum absolute atomic E-state index is 13.8. The lowest BCUT2D eigenvalue weighted by Crippen LogP contribution is -2.33. The fourth-order valence-corrected chi connectivity index (χ4v) is 3.36. The molecule has 1 aliphatic rings. The van der Waals surface area contributed by atoms with E-state index in [1.165, 1.54) is 37.5 Å². The summed E-state index contributed by atoms with van der Waals surface area (Å²) in [5, 5.41) is 3.53. The Morgan fingerprint density at radius 2 is 1.86 bits per heavy atom. The molecule has 118 valence electrons. The zero-order valence-corrected chi connectivity index (χ0v) is 13.2. The van der Waals surface area contributed by atoms with Crippen molar-refractivity contribution in [3.05, 3.63) is 35.4 Å². The molecule has 0 radical (unpaired) electrons. The summed E-state index contributed by atoms with van der Waals surface area (Å²) in [5.74, 6) is 1.09. The molecule has 0 aliphatic heterocycles. The molecule has 0 heterocycles. The van der Waals surface area contributed by atoms with Crippen LogP contribution >= 0.6 is 0 Å². The highest BCUT2D eigenvalue weighted by Crippen LogP contribution is 2.33. The standard InChI is InChI=1S/C18H27F2N/c1-13(2)11-21-12-15-6-4-3-5-14(15)9-16-10-17(19)7-8-18(16)20/h7-8,10,13-15,21H,3-6,9,11-12H2,1-2H3. The molecule has 0 saturated heterocycles. The van der Waals surface area contributed by atoms with Gasteiger partial charge in [0.2, 0.25) is 0 Å². The van der Waals surface area contributed by atoms with Gasteiger partial charge in [-0.1, -0.05) is 26.7 Å². The molecule has 2 unspecified atom stereocenters. The summed E-state index contributed by atoms with van der Waals surface area (Å²) >= 11 is 0. The third-order valence-electron chi connectivity index (χ3n) is 4.52. The minimum absolute atomic E-state index is 0.268. The predicted molar refractivity (Wildman–Crippen MR) is 83.2 cm³/mol. The van der Waals surface area contributed by atoms with Crippen molar-refractivity contribution in [1.29, 1.82) is 0 Å². The van der Waals surface area contributed by atoms with E-state index >= 15 is 0 Å². The van der Waals surface area contributed by atoms with Gasteiger partial charge in [-0.3, -0.25) is 0 Å². The molecule has 1 aliphatic carbocycles. The average Bonchev–Trinajstić information content (AvgIpc) is 2.44. The normalized spacial score (nSPS) is 22.7. The van der Waals surface area contributed by atoms with Crippen molar-refractivity contribution in [3.8, 4) is 0 Å². The van der Waals surface area contributed by atoms with Crippen molar-refractivity contribution in [2.75, 3.05) is 13.1 Å². The highest BCUT2D eigenvalue weighted by atomic mass is 19.1. The van der Waals surface area contributed by atoms with E-state index in [9.17, 15) is 8.78 Å². The molecule has 1 aromatic carbocycles. The van der Waals surface area contributed by atoms with Gasteiger partial charge in [-0.25, -0.2) is 8.78 Å². The quantitative estimate of drug-likeness (QED) is 0.811. The van der Waals surface area contributed by atoms with Crippen LogP contribution in [0.25, 0.3) is 0 Å². The summed E-state index contributed by atoms with van der Waals surface area (Å²) < 4.78 is 27.1. The molecule has 1 N–H and O–H groups in total. The van der Waals surface area contributed by atoms with Gasteiger partial charge in [0, 0.05) is 0 Å². The molecule has 3 heteroatoms. The third-order valence-corrected chi connectivity index (χ3v) is 4.52. The molecule has 1 saturated carbocycles. The largest absolute Gasteiger partial charge is 0.316 e. The van der Waals surface area contributed by atoms with Crippen LogP contribution in [-0.4, -0.2) is 13.1 Å². The van der Waals surface area contributed by atoms with Crippen molar-refractivity contribution in [2.24, 2.45) is 17.8 Å². The summed E-state index contributed by atoms with van der Waals surface area (Å²) in [4.78, 5) is 0. The number of hydrogen-bond donors (Lipinski definition) is 1. The topological polar surface area (TPSA) is 12.0 Å². The first kappa shape index (κ1) is 16.4. The summed E-state index contributed by atoms with van der Waals surface area (Å²) in [7, 11) is 0. The zero-order chi connectivity index (χ0) is 15.2. The van der Waals surface area contributed by atoms with Crippen molar-refractivity contribution < 1.29 is 8.78 Å². The van der Waals surface area contributed by atoms with Gasteiger partial charge in [0.1, 0.15) is 11.6 Å². The van der Waals surface area contributed by atoms with Gasteiger partial charge in [0.15, 0.2) is 0 Å². The van der Waals surface area contributed by atoms with Gasteiger partial charge >= 0.3 is 0 Å². The van der Waals surface area contributed by atoms with E-state index in [-0.39, 0.29) is 11.6 Å². The maximum atomic E-state index is 13.8. The Morgan fingerprint density at radius 3 is 2.57 bits per heavy atom. The van der Waals surface area contributed by atoms with E-state index in [0.29, 0.717) is 29.7 Å². The van der Waals surface area contributed by atoms with Crippen LogP contribution in [0.4, 0.5) is 8.78 Å². The number of hydrogen-bond acceptors (Lipinski definition) is 1. The van der Waals surface area contributed by atoms with Crippen molar-refractivity contribution in [1.82, 2.24) is 5.32 Å². The van der Waals surface area contributed by atoms with Gasteiger partial charge < -0.3 is 5.32 Å². The van der Waals surface area contributed by atoms with E-state index in [0.717, 1.165) is 19.5 Å². The molecule has 2 rings (SSSR count). The Kier molecular flexibility index (Phi) is 6.16. The molecular weight excluding hydrogens is 268 g/mol. The second-order valence-electron chi connectivity index (χ2n) is 6.80. The van der Waals surface area contributed by atoms with Crippen LogP contribution in [-0.2, 0) is 6.42 Å². The van der Waals surface area contributed by atoms with Crippen LogP contribution in [0.1, 0.15) is 45.1 Å². The van der Waals surface area contributed by atoms with Gasteiger partial charge in [0.05, 0.1) is 0 Å². The first-order valence-electron chi connectivity index (χ1n) is 8.21. The molecule has 21 heavy (non-hydrogen) atoms. The van der Waals surface area contributed by atoms with E-state index in [1.54, 1.807) is 0 Å². The van der Waals surface area contributed by atoms with Crippen molar-refractivity contribution >= 4 is 0 Å². The number of rotatable bonds is 6. The SMILES string of the molecule is CC(C)CNCC1CCCCC1Cc1cc(F)ccc1F. The first-order valence-corrected chi connectivity index (χ1v) is 8.21. The third kappa shape index (κ3) is 5.06. The predicted octanol–water partition coefficient (Wildman–Crippen LogP) is 4.56. The number of benzene rings is 1. The molecule has 0 bridgehead atoms. The van der Waals surface area contributed by atoms with Crippen LogP contribution < -0.4 is 5.32 Å². The molecule has 1 fully saturated rings. The van der Waals surface area contributed by atoms with Crippen LogP contribution in [0.3, 0.4) is 0 Å². The van der Waals surface area contributed by atoms with Gasteiger partial charge in [-0.05, 0) is 73.9 Å². The van der Waals surface area contributed by atoms with Gasteiger partial charge in [-0.2, -0.15) is 0 Å². The summed E-state index contributed by atoms with van der Waals surface area (Å²) in [6.07, 6.45) is 5.47. The highest BCUT2D eigenvalue weighted by molar-refractivity contribution is 5.19. The molecule has 2 atom stereocenters. The lowest BCUT2D eigenvalue weighted by atomic mass is 9.76. The Balaban J connectivity index is 1.96. The van der Waals surface area contributed by atoms with Gasteiger partial charge in [0.25, 0.3) is 0 Å². The van der Waals surface area contributed by atoms with Crippen molar-refractivity contribution in [3.63, 3.8) is 0 Å². The van der Waals surface area contributed by atoms with Crippen LogP contribution in [0.2, 0.25) is 0 Å².